The van der Waals surface area contributed by atoms with Gasteiger partial charge in [-0.05, 0) is 84.0 Å². The zero-order valence-corrected chi connectivity index (χ0v) is 28.2. The Hall–Kier alpha value is -2.88. The lowest BCUT2D eigenvalue weighted by Crippen LogP contribution is -2.25. The summed E-state index contributed by atoms with van der Waals surface area (Å²) in [6.45, 7) is 10.6. The molecule has 0 atom stereocenters. The summed E-state index contributed by atoms with van der Waals surface area (Å²) < 4.78 is 44.8. The Kier molecular flexibility index (Phi) is 10.3. The van der Waals surface area contributed by atoms with Gasteiger partial charge in [0.1, 0.15) is 24.3 Å². The molecule has 2 aromatic carbocycles. The number of halogens is 1. The number of rotatable bonds is 10. The van der Waals surface area contributed by atoms with Crippen LogP contribution < -0.4 is 9.54 Å². The lowest BCUT2D eigenvalue weighted by Gasteiger charge is -2.30. The van der Waals surface area contributed by atoms with Crippen molar-refractivity contribution < 1.29 is 22.9 Å². The summed E-state index contributed by atoms with van der Waals surface area (Å²) in [7, 11) is -2.07. The minimum atomic E-state index is -3.90. The first-order valence-corrected chi connectivity index (χ1v) is 16.6. The molecule has 4 rings (SSSR count). The van der Waals surface area contributed by atoms with Crippen molar-refractivity contribution in [1.82, 2.24) is 14.3 Å². The largest absolute Gasteiger partial charge is 0.477 e. The maximum atomic E-state index is 13.4. The molecular weight excluding hydrogens is 629 g/mol. The zero-order chi connectivity index (χ0) is 31.4. The quantitative estimate of drug-likeness (QED) is 0.123. The van der Waals surface area contributed by atoms with E-state index in [-0.39, 0.29) is 6.73 Å². The van der Waals surface area contributed by atoms with E-state index >= 15 is 0 Å². The number of phosphoric acid groups is 1. The van der Waals surface area contributed by atoms with Gasteiger partial charge >= 0.3 is 7.82 Å². The minimum Gasteiger partial charge on any atom is -0.455 e. The van der Waals surface area contributed by atoms with E-state index in [4.69, 9.17) is 29.9 Å². The van der Waals surface area contributed by atoms with Gasteiger partial charge in [0.05, 0.1) is 22.5 Å². The van der Waals surface area contributed by atoms with E-state index in [1.54, 1.807) is 93.5 Å². The molecule has 0 saturated carbocycles. The van der Waals surface area contributed by atoms with Gasteiger partial charge in [-0.15, -0.1) is 11.3 Å². The van der Waals surface area contributed by atoms with Gasteiger partial charge in [-0.25, -0.2) is 4.57 Å². The summed E-state index contributed by atoms with van der Waals surface area (Å²) in [4.78, 5) is 1.33. The molecule has 0 aliphatic heterocycles. The summed E-state index contributed by atoms with van der Waals surface area (Å²) in [5.41, 5.74) is 0.422. The average Bonchev–Trinajstić information content (AvgIpc) is 3.54. The van der Waals surface area contributed by atoms with Crippen molar-refractivity contribution in [1.29, 1.82) is 5.26 Å². The predicted molar refractivity (Wildman–Crippen MR) is 169 cm³/mol. The molecular formula is C29H33ClN5O5PS2. The van der Waals surface area contributed by atoms with E-state index in [9.17, 15) is 9.83 Å². The number of hydrogen-bond acceptors (Lipinski definition) is 10. The van der Waals surface area contributed by atoms with E-state index in [0.29, 0.717) is 26.9 Å². The maximum absolute atomic E-state index is 13.4. The summed E-state index contributed by atoms with van der Waals surface area (Å²) in [6, 6.07) is 14.6. The van der Waals surface area contributed by atoms with Crippen LogP contribution in [0.5, 0.6) is 11.5 Å². The molecule has 228 valence electrons. The third-order valence-corrected chi connectivity index (χ3v) is 9.19. The molecule has 0 spiro atoms. The number of ether oxygens (including phenoxy) is 1. The fraction of sp³-hybridized carbons (Fsp3) is 0.345. The Morgan fingerprint density at radius 1 is 1.07 bits per heavy atom. The molecule has 0 radical (unpaired) electrons. The highest BCUT2D eigenvalue weighted by Gasteiger charge is 2.37. The van der Waals surface area contributed by atoms with Crippen molar-refractivity contribution in [2.24, 2.45) is 11.4 Å². The van der Waals surface area contributed by atoms with Crippen LogP contribution in [0, 0.1) is 11.3 Å². The minimum absolute atomic E-state index is 0.0946. The lowest BCUT2D eigenvalue weighted by molar-refractivity contribution is -0.00639. The Balaban J connectivity index is 1.52. The molecule has 0 bridgehead atoms. The highest BCUT2D eigenvalue weighted by Crippen LogP contribution is 2.55. The van der Waals surface area contributed by atoms with Crippen LogP contribution in [0.3, 0.4) is 0 Å². The Morgan fingerprint density at radius 2 is 1.77 bits per heavy atom. The molecule has 2 aromatic heterocycles. The van der Waals surface area contributed by atoms with E-state index in [1.165, 1.54) is 23.3 Å². The van der Waals surface area contributed by atoms with Gasteiger partial charge in [0.25, 0.3) is 0 Å². The molecule has 0 N–H and O–H groups in total. The van der Waals surface area contributed by atoms with Crippen LogP contribution >= 0.6 is 42.7 Å². The number of aromatic nitrogens is 3. The summed E-state index contributed by atoms with van der Waals surface area (Å²) in [6.07, 6.45) is 3.46. The third kappa shape index (κ3) is 9.30. The summed E-state index contributed by atoms with van der Waals surface area (Å²) in [5.74, 6) is 0.933. The first-order valence-electron chi connectivity index (χ1n) is 13.2. The Bertz CT molecular complexity index is 1730. The first-order chi connectivity index (χ1) is 20.1. The molecule has 0 aliphatic carbocycles. The SMILES string of the molecule is Cn1nccc1-c1cc(Cl)ccc1Oc1ccc(S/N=c2\sccn2COP(=O)(OC(C)(C)C)OC(C)(C)C)cc1C#N. The van der Waals surface area contributed by atoms with Crippen LogP contribution in [-0.4, -0.2) is 25.5 Å². The smallest absolute Gasteiger partial charge is 0.455 e. The second-order valence-electron chi connectivity index (χ2n) is 11.3. The van der Waals surface area contributed by atoms with Gasteiger partial charge in [0.15, 0.2) is 4.80 Å². The van der Waals surface area contributed by atoms with Crippen LogP contribution in [0.15, 0.2) is 69.5 Å². The highest BCUT2D eigenvalue weighted by atomic mass is 35.5. The van der Waals surface area contributed by atoms with E-state index in [1.807, 2.05) is 24.6 Å². The van der Waals surface area contributed by atoms with E-state index in [2.05, 4.69) is 15.6 Å². The molecule has 0 amide bonds. The van der Waals surface area contributed by atoms with Crippen LogP contribution in [-0.2, 0) is 31.9 Å². The van der Waals surface area contributed by atoms with E-state index in [0.717, 1.165) is 16.2 Å². The standard InChI is InChI=1S/C29H33ClN5O5PS2/c1-28(2,3)39-41(36,40-29(4,5)6)37-19-35-14-15-42-27(35)33-43-22-9-11-25(20(16-22)18-31)38-26-10-8-21(30)17-23(26)24-12-13-32-34(24)7/h8-17H,19H2,1-7H3/b33-27-. The number of thiazole rings is 1. The van der Waals surface area contributed by atoms with Crippen molar-refractivity contribution in [2.45, 2.75) is 64.4 Å². The van der Waals surface area contributed by atoms with Crippen LogP contribution in [0.2, 0.25) is 5.02 Å². The second-order valence-corrected chi connectivity index (χ2v) is 15.0. The molecule has 0 unspecified atom stereocenters. The lowest BCUT2D eigenvalue weighted by atomic mass is 10.1. The van der Waals surface area contributed by atoms with Crippen molar-refractivity contribution in [3.05, 3.63) is 75.6 Å². The number of benzene rings is 2. The monoisotopic (exact) mass is 661 g/mol. The fourth-order valence-corrected chi connectivity index (χ4v) is 7.10. The number of aryl methyl sites for hydroxylation is 1. The normalized spacial score (nSPS) is 12.9. The number of nitrogens with zero attached hydrogens (tertiary/aromatic N) is 5. The van der Waals surface area contributed by atoms with Crippen LogP contribution in [0.25, 0.3) is 11.3 Å². The summed E-state index contributed by atoms with van der Waals surface area (Å²) in [5, 5.41) is 16.5. The van der Waals surface area contributed by atoms with Gasteiger partial charge in [0.2, 0.25) is 0 Å². The topological polar surface area (TPSA) is 113 Å². The van der Waals surface area contributed by atoms with Gasteiger partial charge in [-0.3, -0.25) is 22.8 Å². The maximum Gasteiger partial charge on any atom is 0.477 e. The van der Waals surface area contributed by atoms with Gasteiger partial charge < -0.3 is 4.74 Å². The third-order valence-electron chi connectivity index (χ3n) is 5.35. The van der Waals surface area contributed by atoms with Gasteiger partial charge in [-0.1, -0.05) is 11.6 Å². The van der Waals surface area contributed by atoms with E-state index < -0.39 is 19.0 Å². The Labute approximate surface area is 264 Å². The molecule has 10 nitrogen and oxygen atoms in total. The molecule has 4 aromatic rings. The van der Waals surface area contributed by atoms with Crippen LogP contribution in [0.4, 0.5) is 0 Å². The molecule has 0 aliphatic rings. The van der Waals surface area contributed by atoms with Crippen LogP contribution in [0.1, 0.15) is 47.1 Å². The fourth-order valence-electron chi connectivity index (χ4n) is 3.73. The zero-order valence-electron chi connectivity index (χ0n) is 24.9. The highest BCUT2D eigenvalue weighted by molar-refractivity contribution is 7.98. The van der Waals surface area contributed by atoms with Gasteiger partial charge in [0, 0.05) is 52.3 Å². The number of nitriles is 1. The second kappa shape index (κ2) is 13.4. The predicted octanol–water partition coefficient (Wildman–Crippen LogP) is 8.59. The Morgan fingerprint density at radius 3 is 2.40 bits per heavy atom. The van der Waals surface area contributed by atoms with Crippen molar-refractivity contribution in [2.75, 3.05) is 0 Å². The van der Waals surface area contributed by atoms with Crippen molar-refractivity contribution in [3.63, 3.8) is 0 Å². The molecule has 43 heavy (non-hydrogen) atoms. The molecule has 14 heteroatoms. The molecule has 0 saturated heterocycles. The van der Waals surface area contributed by atoms with Gasteiger partial charge in [-0.2, -0.15) is 14.8 Å². The average molecular weight is 662 g/mol. The number of phosphoric ester groups is 1. The summed E-state index contributed by atoms with van der Waals surface area (Å²) >= 11 is 8.83. The molecule has 2 heterocycles. The van der Waals surface area contributed by atoms with Crippen molar-refractivity contribution in [3.8, 4) is 28.8 Å². The van der Waals surface area contributed by atoms with Crippen molar-refractivity contribution >= 4 is 42.7 Å². The first kappa shape index (κ1) is 33.0. The number of hydrogen-bond donors (Lipinski definition) is 0. The molecule has 0 fully saturated rings.